The van der Waals surface area contributed by atoms with Gasteiger partial charge in [0.15, 0.2) is 0 Å². The van der Waals surface area contributed by atoms with Gasteiger partial charge < -0.3 is 10.1 Å². The zero-order valence-electron chi connectivity index (χ0n) is 17.3. The van der Waals surface area contributed by atoms with Gasteiger partial charge in [-0.15, -0.1) is 0 Å². The molecule has 29 heavy (non-hydrogen) atoms. The molecule has 1 amide bonds. The van der Waals surface area contributed by atoms with Crippen LogP contribution in [0.25, 0.3) is 11.3 Å². The summed E-state index contributed by atoms with van der Waals surface area (Å²) in [6.45, 7) is 6.82. The van der Waals surface area contributed by atoms with Crippen molar-refractivity contribution in [2.24, 2.45) is 5.84 Å². The number of nitrogens with one attached hydrogen (secondary N) is 2. The highest BCUT2D eigenvalue weighted by molar-refractivity contribution is 5.62. The number of para-hydroxylation sites is 1. The molecule has 152 valence electrons. The Morgan fingerprint density at radius 1 is 1.07 bits per heavy atom. The summed E-state index contributed by atoms with van der Waals surface area (Å²) in [5, 5.41) is 3.19. The van der Waals surface area contributed by atoms with Crippen molar-refractivity contribution < 1.29 is 9.53 Å². The predicted molar refractivity (Wildman–Crippen MR) is 118 cm³/mol. The Morgan fingerprint density at radius 2 is 1.83 bits per heavy atom. The van der Waals surface area contributed by atoms with Crippen molar-refractivity contribution in [1.29, 1.82) is 0 Å². The fourth-order valence-electron chi connectivity index (χ4n) is 2.90. The van der Waals surface area contributed by atoms with Crippen LogP contribution < -0.4 is 21.3 Å². The largest absolute Gasteiger partial charge is 0.486 e. The van der Waals surface area contributed by atoms with Crippen LogP contribution >= 0.6 is 0 Å². The first kappa shape index (κ1) is 21.9. The highest BCUT2D eigenvalue weighted by atomic mass is 16.5. The van der Waals surface area contributed by atoms with E-state index in [9.17, 15) is 0 Å². The third-order valence-corrected chi connectivity index (χ3v) is 4.48. The molecule has 4 N–H and O–H groups in total. The lowest BCUT2D eigenvalue weighted by molar-refractivity contribution is -0.109. The Balaban J connectivity index is 0.000000687. The van der Waals surface area contributed by atoms with Crippen LogP contribution in [0.15, 0.2) is 54.7 Å². The minimum Gasteiger partial charge on any atom is -0.486 e. The molecule has 1 heterocycles. The second-order valence-electron chi connectivity index (χ2n) is 6.63. The van der Waals surface area contributed by atoms with Crippen LogP contribution in [0.2, 0.25) is 0 Å². The van der Waals surface area contributed by atoms with E-state index in [0.717, 1.165) is 28.3 Å². The number of pyridine rings is 1. The maximum Gasteiger partial charge on any atom is 0.221 e. The molecule has 0 atom stereocenters. The Kier molecular flexibility index (Phi) is 8.18. The van der Waals surface area contributed by atoms with Gasteiger partial charge >= 0.3 is 0 Å². The van der Waals surface area contributed by atoms with Gasteiger partial charge in [-0.25, -0.2) is 5.84 Å². The molecule has 6 heteroatoms. The first-order valence-corrected chi connectivity index (χ1v) is 9.32. The van der Waals surface area contributed by atoms with Crippen molar-refractivity contribution in [2.75, 3.05) is 12.4 Å². The van der Waals surface area contributed by atoms with E-state index >= 15 is 0 Å². The maximum absolute atomic E-state index is 8.94. The van der Waals surface area contributed by atoms with Crippen molar-refractivity contribution in [3.05, 3.63) is 77.0 Å². The molecule has 6 nitrogen and oxygen atoms in total. The van der Waals surface area contributed by atoms with Crippen LogP contribution in [0.4, 0.5) is 5.69 Å². The lowest BCUT2D eigenvalue weighted by Crippen LogP contribution is -2.18. The molecule has 0 fully saturated rings. The zero-order chi connectivity index (χ0) is 21.2. The van der Waals surface area contributed by atoms with E-state index in [1.54, 1.807) is 5.43 Å². The predicted octanol–water partition coefficient (Wildman–Crippen LogP) is 3.90. The SMILES string of the molecule is CNc1cccc(C)c1OCc1ccc(-c2cc(C)ccn2)cc1C.NNC=O. The summed E-state index contributed by atoms with van der Waals surface area (Å²) in [6, 6.07) is 16.7. The molecule has 1 aromatic heterocycles. The number of carbonyl (C=O) groups excluding carboxylic acids is 1. The monoisotopic (exact) mass is 392 g/mol. The van der Waals surface area contributed by atoms with Gasteiger partial charge in [0.05, 0.1) is 11.4 Å². The first-order valence-electron chi connectivity index (χ1n) is 9.32. The number of rotatable bonds is 6. The van der Waals surface area contributed by atoms with E-state index in [1.165, 1.54) is 16.7 Å². The van der Waals surface area contributed by atoms with Crippen molar-refractivity contribution in [3.8, 4) is 17.0 Å². The standard InChI is InChI=1S/C22H24N2O.CH4N2O/c1-15-10-11-24-21(12-15)18-8-9-19(17(3)13-18)14-25-22-16(2)6-5-7-20(22)23-4;2-3-1-4/h5-13,23H,14H2,1-4H3;1H,2H2,(H,3,4). The van der Waals surface area contributed by atoms with Crippen LogP contribution in [0, 0.1) is 20.8 Å². The van der Waals surface area contributed by atoms with Gasteiger partial charge in [-0.1, -0.05) is 24.3 Å². The molecular weight excluding hydrogens is 364 g/mol. The van der Waals surface area contributed by atoms with Gasteiger partial charge in [0.1, 0.15) is 12.4 Å². The fourth-order valence-corrected chi connectivity index (χ4v) is 2.90. The number of benzene rings is 2. The molecule has 0 aliphatic rings. The van der Waals surface area contributed by atoms with E-state index in [-0.39, 0.29) is 0 Å². The average Bonchev–Trinajstić information content (AvgIpc) is 2.73. The summed E-state index contributed by atoms with van der Waals surface area (Å²) in [6.07, 6.45) is 2.26. The van der Waals surface area contributed by atoms with Gasteiger partial charge in [-0.05, 0) is 67.3 Å². The number of nitrogens with two attached hydrogens (primary N) is 1. The number of hydrogen-bond donors (Lipinski definition) is 3. The Morgan fingerprint density at radius 3 is 2.45 bits per heavy atom. The number of aromatic nitrogens is 1. The van der Waals surface area contributed by atoms with Gasteiger partial charge in [0.2, 0.25) is 6.41 Å². The van der Waals surface area contributed by atoms with Crippen LogP contribution in [-0.2, 0) is 11.4 Å². The molecule has 0 bridgehead atoms. The van der Waals surface area contributed by atoms with Crippen molar-refractivity contribution in [1.82, 2.24) is 10.4 Å². The van der Waals surface area contributed by atoms with Crippen molar-refractivity contribution >= 4 is 12.1 Å². The second kappa shape index (κ2) is 10.8. The summed E-state index contributed by atoms with van der Waals surface area (Å²) in [5.74, 6) is 5.32. The summed E-state index contributed by atoms with van der Waals surface area (Å²) in [5.41, 5.74) is 9.64. The molecular formula is C23H28N4O2. The Hall–Kier alpha value is -3.38. The smallest absolute Gasteiger partial charge is 0.221 e. The topological polar surface area (TPSA) is 89.3 Å². The quantitative estimate of drug-likeness (QED) is 0.256. The molecule has 0 spiro atoms. The van der Waals surface area contributed by atoms with Crippen molar-refractivity contribution in [3.63, 3.8) is 0 Å². The van der Waals surface area contributed by atoms with E-state index in [1.807, 2.05) is 31.4 Å². The van der Waals surface area contributed by atoms with E-state index < -0.39 is 0 Å². The van der Waals surface area contributed by atoms with Gasteiger partial charge in [-0.2, -0.15) is 0 Å². The number of aryl methyl sites for hydroxylation is 3. The molecule has 0 aliphatic carbocycles. The zero-order valence-corrected chi connectivity index (χ0v) is 17.3. The molecule has 0 unspecified atom stereocenters. The van der Waals surface area contributed by atoms with Gasteiger partial charge in [0.25, 0.3) is 0 Å². The summed E-state index contributed by atoms with van der Waals surface area (Å²) in [4.78, 5) is 13.4. The summed E-state index contributed by atoms with van der Waals surface area (Å²) in [7, 11) is 1.91. The van der Waals surface area contributed by atoms with Gasteiger partial charge in [0, 0.05) is 18.8 Å². The molecule has 2 aromatic carbocycles. The van der Waals surface area contributed by atoms with Crippen LogP contribution in [0.3, 0.4) is 0 Å². The van der Waals surface area contributed by atoms with E-state index in [4.69, 9.17) is 9.53 Å². The lowest BCUT2D eigenvalue weighted by Gasteiger charge is -2.15. The third kappa shape index (κ3) is 6.05. The maximum atomic E-state index is 8.94. The first-order chi connectivity index (χ1) is 14.0. The highest BCUT2D eigenvalue weighted by Crippen LogP contribution is 2.29. The molecule has 0 saturated heterocycles. The number of amides is 1. The number of anilines is 1. The number of carbonyl (C=O) groups is 1. The number of ether oxygens (including phenoxy) is 1. The number of hydrazine groups is 1. The fraction of sp³-hybridized carbons (Fsp3) is 0.217. The molecule has 0 saturated carbocycles. The summed E-state index contributed by atoms with van der Waals surface area (Å²) >= 11 is 0. The Bertz CT molecular complexity index is 957. The lowest BCUT2D eigenvalue weighted by atomic mass is 10.0. The van der Waals surface area contributed by atoms with Crippen LogP contribution in [0.5, 0.6) is 5.75 Å². The minimum atomic E-state index is 0.403. The molecule has 0 aliphatic heterocycles. The minimum absolute atomic E-state index is 0.403. The summed E-state index contributed by atoms with van der Waals surface area (Å²) < 4.78 is 6.11. The van der Waals surface area contributed by atoms with Crippen LogP contribution in [-0.4, -0.2) is 18.4 Å². The van der Waals surface area contributed by atoms with Gasteiger partial charge in [-0.3, -0.25) is 15.2 Å². The second-order valence-corrected chi connectivity index (χ2v) is 6.63. The highest BCUT2D eigenvalue weighted by Gasteiger charge is 2.08. The molecule has 3 rings (SSSR count). The molecule has 0 radical (unpaired) electrons. The number of hydrogen-bond acceptors (Lipinski definition) is 5. The van der Waals surface area contributed by atoms with Crippen LogP contribution in [0.1, 0.15) is 22.3 Å². The molecule has 3 aromatic rings. The average molecular weight is 393 g/mol. The normalized spacial score (nSPS) is 9.83. The van der Waals surface area contributed by atoms with E-state index in [2.05, 4.69) is 67.2 Å². The Labute approximate surface area is 172 Å². The number of nitrogens with zero attached hydrogens (tertiary/aromatic N) is 1. The third-order valence-electron chi connectivity index (χ3n) is 4.48. The van der Waals surface area contributed by atoms with E-state index in [0.29, 0.717) is 13.0 Å². The van der Waals surface area contributed by atoms with Crippen molar-refractivity contribution in [2.45, 2.75) is 27.4 Å².